The predicted octanol–water partition coefficient (Wildman–Crippen LogP) is 0.304. The van der Waals surface area contributed by atoms with E-state index < -0.39 is 84.2 Å². The highest BCUT2D eigenvalue weighted by molar-refractivity contribution is 5.97. The Hall–Kier alpha value is -5.51. The summed E-state index contributed by atoms with van der Waals surface area (Å²) in [4.78, 5) is 97.7. The minimum Gasteiger partial charge on any atom is -0.508 e. The molecule has 3 fully saturated rings. The Balaban J connectivity index is 1.31. The number of carbonyl (C=O) groups is 7. The molecule has 16 heteroatoms. The van der Waals surface area contributed by atoms with Crippen molar-refractivity contribution in [3.05, 3.63) is 65.7 Å². The fourth-order valence-corrected chi connectivity index (χ4v) is 7.67. The number of nitrogens with two attached hydrogens (primary N) is 1. The number of aliphatic carboxylic acids is 1. The first-order valence-corrected chi connectivity index (χ1v) is 19.3. The monoisotopic (exact) mass is 775 g/mol. The maximum atomic E-state index is 14.3. The normalized spacial score (nSPS) is 21.0. The molecule has 302 valence electrons. The standard InChI is InChI=1S/C40H53N7O9/c1-24(2)34(41)37(52)44-29(22-26-14-16-27(48)17-15-26)39(54)47-20-7-12-31(47)36(51)43-28(21-25-9-4-3-5-10-25)38(53)46-19-6-11-30(46)35(50)42-23-33(49)45-18-8-13-32(45)40(55)56/h3-5,9-10,14-17,24,28-32,34,48H,6-8,11-13,18-23,41H2,1-2H3,(H,42,50)(H,43,51)(H,44,52)(H,55,56)/t28-,29-,30-,31-,32-,34-/m0/s1. The predicted molar refractivity (Wildman–Crippen MR) is 203 cm³/mol. The van der Waals surface area contributed by atoms with Crippen molar-refractivity contribution in [3.63, 3.8) is 0 Å². The fraction of sp³-hybridized carbons (Fsp3) is 0.525. The van der Waals surface area contributed by atoms with Gasteiger partial charge in [-0.15, -0.1) is 0 Å². The summed E-state index contributed by atoms with van der Waals surface area (Å²) in [6.07, 6.45) is 2.74. The van der Waals surface area contributed by atoms with E-state index in [9.17, 15) is 43.8 Å². The molecule has 2 aromatic carbocycles. The van der Waals surface area contributed by atoms with Crippen LogP contribution in [0.15, 0.2) is 54.6 Å². The van der Waals surface area contributed by atoms with E-state index >= 15 is 0 Å². The summed E-state index contributed by atoms with van der Waals surface area (Å²) in [7, 11) is 0. The molecule has 3 aliphatic rings. The van der Waals surface area contributed by atoms with Crippen LogP contribution in [0.25, 0.3) is 0 Å². The van der Waals surface area contributed by atoms with Crippen molar-refractivity contribution in [3.8, 4) is 5.75 Å². The fourth-order valence-electron chi connectivity index (χ4n) is 7.67. The molecule has 0 aliphatic carbocycles. The lowest BCUT2D eigenvalue weighted by atomic mass is 10.0. The van der Waals surface area contributed by atoms with Crippen molar-refractivity contribution in [1.29, 1.82) is 0 Å². The Labute approximate surface area is 326 Å². The van der Waals surface area contributed by atoms with Crippen LogP contribution >= 0.6 is 0 Å². The minimum absolute atomic E-state index is 0.0440. The summed E-state index contributed by atoms with van der Waals surface area (Å²) in [5.41, 5.74) is 7.54. The number of carbonyl (C=O) groups excluding carboxylic acids is 6. The van der Waals surface area contributed by atoms with Crippen molar-refractivity contribution >= 4 is 41.4 Å². The quantitative estimate of drug-likeness (QED) is 0.145. The second-order valence-corrected chi connectivity index (χ2v) is 15.1. The molecule has 3 saturated heterocycles. The Kier molecular flexibility index (Phi) is 14.0. The van der Waals surface area contributed by atoms with Gasteiger partial charge in [-0.05, 0) is 67.7 Å². The minimum atomic E-state index is -1.10. The smallest absolute Gasteiger partial charge is 0.326 e. The Morgan fingerprint density at radius 3 is 1.75 bits per heavy atom. The molecule has 0 spiro atoms. The first-order chi connectivity index (χ1) is 26.7. The second-order valence-electron chi connectivity index (χ2n) is 15.1. The Morgan fingerprint density at radius 1 is 0.696 bits per heavy atom. The molecule has 0 radical (unpaired) electrons. The number of hydrogen-bond donors (Lipinski definition) is 6. The number of carboxylic acids is 1. The third-order valence-corrected chi connectivity index (χ3v) is 10.9. The third-order valence-electron chi connectivity index (χ3n) is 10.9. The molecule has 16 nitrogen and oxygen atoms in total. The van der Waals surface area contributed by atoms with Gasteiger partial charge in [0.25, 0.3) is 0 Å². The highest BCUT2D eigenvalue weighted by Gasteiger charge is 2.42. The maximum Gasteiger partial charge on any atom is 0.326 e. The zero-order chi connectivity index (χ0) is 40.5. The SMILES string of the molecule is CC(C)[C@H](N)C(=O)N[C@@H](Cc1ccc(O)cc1)C(=O)N1CCC[C@H]1C(=O)N[C@@H](Cc1ccccc1)C(=O)N1CCC[C@H]1C(=O)NCC(=O)N1CCC[C@H]1C(=O)O. The van der Waals surface area contributed by atoms with Gasteiger partial charge in [-0.1, -0.05) is 56.3 Å². The van der Waals surface area contributed by atoms with E-state index in [0.29, 0.717) is 44.1 Å². The van der Waals surface area contributed by atoms with Gasteiger partial charge in [0.05, 0.1) is 12.6 Å². The van der Waals surface area contributed by atoms with Crippen molar-refractivity contribution in [2.24, 2.45) is 11.7 Å². The summed E-state index contributed by atoms with van der Waals surface area (Å²) in [5.74, 6) is -4.37. The number of amides is 6. The molecule has 6 amide bonds. The zero-order valence-corrected chi connectivity index (χ0v) is 31.9. The summed E-state index contributed by atoms with van der Waals surface area (Å²) < 4.78 is 0. The van der Waals surface area contributed by atoms with Crippen LogP contribution in [0.3, 0.4) is 0 Å². The second kappa shape index (κ2) is 18.9. The molecule has 0 aromatic heterocycles. The lowest BCUT2D eigenvalue weighted by Crippen LogP contribution is -2.59. The number of carboxylic acid groups (broad SMARTS) is 1. The third kappa shape index (κ3) is 10.2. The first-order valence-electron chi connectivity index (χ1n) is 19.3. The Bertz CT molecular complexity index is 1760. The number of benzene rings is 2. The maximum absolute atomic E-state index is 14.3. The molecule has 7 N–H and O–H groups in total. The number of nitrogens with one attached hydrogen (secondary N) is 3. The summed E-state index contributed by atoms with van der Waals surface area (Å²) in [6.45, 7) is 3.94. The van der Waals surface area contributed by atoms with E-state index in [0.717, 1.165) is 5.56 Å². The van der Waals surface area contributed by atoms with Crippen molar-refractivity contribution in [2.75, 3.05) is 26.2 Å². The van der Waals surface area contributed by atoms with Gasteiger partial charge < -0.3 is 46.6 Å². The van der Waals surface area contributed by atoms with Crippen LogP contribution in [0.5, 0.6) is 5.75 Å². The van der Waals surface area contributed by atoms with Crippen LogP contribution in [0.2, 0.25) is 0 Å². The zero-order valence-electron chi connectivity index (χ0n) is 31.9. The average molecular weight is 776 g/mol. The van der Waals surface area contributed by atoms with E-state index in [1.54, 1.807) is 26.0 Å². The number of aromatic hydroxyl groups is 1. The highest BCUT2D eigenvalue weighted by Crippen LogP contribution is 2.24. The summed E-state index contributed by atoms with van der Waals surface area (Å²) in [5, 5.41) is 27.5. The van der Waals surface area contributed by atoms with Gasteiger partial charge in [0.1, 0.15) is 36.0 Å². The molecule has 56 heavy (non-hydrogen) atoms. The average Bonchev–Trinajstić information content (AvgIpc) is 3.98. The van der Waals surface area contributed by atoms with Gasteiger partial charge in [0, 0.05) is 32.5 Å². The van der Waals surface area contributed by atoms with Gasteiger partial charge in [0.2, 0.25) is 35.4 Å². The Morgan fingerprint density at radius 2 is 1.20 bits per heavy atom. The van der Waals surface area contributed by atoms with E-state index in [1.807, 2.05) is 30.3 Å². The first kappa shape index (κ1) is 41.6. The molecule has 0 unspecified atom stereocenters. The van der Waals surface area contributed by atoms with Gasteiger partial charge >= 0.3 is 5.97 Å². The van der Waals surface area contributed by atoms with Crippen LogP contribution in [0.1, 0.15) is 63.5 Å². The topological polar surface area (TPSA) is 232 Å². The highest BCUT2D eigenvalue weighted by atomic mass is 16.4. The largest absolute Gasteiger partial charge is 0.508 e. The molecule has 2 aromatic rings. The number of phenols is 1. The number of nitrogens with zero attached hydrogens (tertiary/aromatic N) is 3. The van der Waals surface area contributed by atoms with Gasteiger partial charge in [-0.3, -0.25) is 28.8 Å². The molecular weight excluding hydrogens is 722 g/mol. The van der Waals surface area contributed by atoms with Crippen LogP contribution in [0.4, 0.5) is 0 Å². The number of phenolic OH excluding ortho intramolecular Hbond substituents is 1. The van der Waals surface area contributed by atoms with Crippen LogP contribution in [0, 0.1) is 5.92 Å². The number of rotatable bonds is 15. The van der Waals surface area contributed by atoms with Crippen molar-refractivity contribution < 1.29 is 43.8 Å². The van der Waals surface area contributed by atoms with Crippen molar-refractivity contribution in [2.45, 2.75) is 101 Å². The molecule has 5 rings (SSSR count). The van der Waals surface area contributed by atoms with Crippen LogP contribution in [-0.4, -0.2) is 129 Å². The lowest BCUT2D eigenvalue weighted by molar-refractivity contribution is -0.148. The molecule has 0 bridgehead atoms. The summed E-state index contributed by atoms with van der Waals surface area (Å²) >= 11 is 0. The molecular formula is C40H53N7O9. The van der Waals surface area contributed by atoms with Crippen LogP contribution in [-0.2, 0) is 46.4 Å². The van der Waals surface area contributed by atoms with E-state index in [2.05, 4.69) is 16.0 Å². The lowest BCUT2D eigenvalue weighted by Gasteiger charge is -2.32. The molecule has 6 atom stereocenters. The van der Waals surface area contributed by atoms with Gasteiger partial charge in [-0.2, -0.15) is 0 Å². The van der Waals surface area contributed by atoms with Crippen LogP contribution < -0.4 is 21.7 Å². The molecule has 3 heterocycles. The number of hydrogen-bond acceptors (Lipinski definition) is 9. The van der Waals surface area contributed by atoms with Gasteiger partial charge in [-0.25, -0.2) is 4.79 Å². The molecule has 0 saturated carbocycles. The molecule has 3 aliphatic heterocycles. The van der Waals surface area contributed by atoms with E-state index in [1.165, 1.54) is 26.8 Å². The summed E-state index contributed by atoms with van der Waals surface area (Å²) in [6, 6.07) is 9.48. The van der Waals surface area contributed by atoms with E-state index in [4.69, 9.17) is 5.73 Å². The van der Waals surface area contributed by atoms with Crippen molar-refractivity contribution in [1.82, 2.24) is 30.7 Å². The van der Waals surface area contributed by atoms with E-state index in [-0.39, 0.29) is 44.1 Å². The number of likely N-dealkylation sites (tertiary alicyclic amines) is 3. The van der Waals surface area contributed by atoms with Gasteiger partial charge in [0.15, 0.2) is 0 Å².